The zero-order valence-corrected chi connectivity index (χ0v) is 19.8. The van der Waals surface area contributed by atoms with Crippen molar-refractivity contribution in [2.24, 2.45) is 0 Å². The van der Waals surface area contributed by atoms with Gasteiger partial charge in [0.25, 0.3) is 0 Å². The third-order valence-corrected chi connectivity index (χ3v) is 5.30. The molecule has 0 bridgehead atoms. The predicted molar refractivity (Wildman–Crippen MR) is 129 cm³/mol. The van der Waals surface area contributed by atoms with Crippen molar-refractivity contribution in [2.45, 2.75) is 39.2 Å². The molecule has 0 atom stereocenters. The molecular formula is C23H32N6O5. The topological polar surface area (TPSA) is 149 Å². The van der Waals surface area contributed by atoms with Crippen LogP contribution in [-0.2, 0) is 13.0 Å². The summed E-state index contributed by atoms with van der Waals surface area (Å²) in [5, 5.41) is 9.63. The summed E-state index contributed by atoms with van der Waals surface area (Å²) in [6, 6.07) is 5.19. The number of carboxylic acid groups (broad SMARTS) is 1. The van der Waals surface area contributed by atoms with Gasteiger partial charge in [0.1, 0.15) is 23.4 Å². The zero-order valence-electron chi connectivity index (χ0n) is 19.8. The Kier molecular flexibility index (Phi) is 8.47. The molecule has 1 aromatic carbocycles. The lowest BCUT2D eigenvalue weighted by molar-refractivity contribution is 0.0691. The number of aromatic nitrogens is 4. The van der Waals surface area contributed by atoms with E-state index in [0.717, 1.165) is 31.4 Å². The number of nitrogens with two attached hydrogens (primary N) is 1. The van der Waals surface area contributed by atoms with Gasteiger partial charge in [0.2, 0.25) is 0 Å². The summed E-state index contributed by atoms with van der Waals surface area (Å²) in [4.78, 5) is 37.5. The van der Waals surface area contributed by atoms with Crippen LogP contribution in [-0.4, -0.2) is 69.3 Å². The average Bonchev–Trinajstić information content (AvgIpc) is 3.10. The highest BCUT2D eigenvalue weighted by molar-refractivity contribution is 5.91. The number of para-hydroxylation sites is 1. The van der Waals surface area contributed by atoms with E-state index in [0.29, 0.717) is 29.9 Å². The summed E-state index contributed by atoms with van der Waals surface area (Å²) in [7, 11) is 3.97. The molecule has 2 heterocycles. The number of aromatic carboxylic acids is 1. The van der Waals surface area contributed by atoms with Crippen molar-refractivity contribution < 1.29 is 19.4 Å². The highest BCUT2D eigenvalue weighted by Crippen LogP contribution is 2.26. The quantitative estimate of drug-likeness (QED) is 0.318. The van der Waals surface area contributed by atoms with Gasteiger partial charge in [-0.1, -0.05) is 25.5 Å². The van der Waals surface area contributed by atoms with Crippen LogP contribution in [0.1, 0.15) is 42.1 Å². The number of hydrogen-bond acceptors (Lipinski definition) is 8. The van der Waals surface area contributed by atoms with Crippen LogP contribution >= 0.6 is 0 Å². The van der Waals surface area contributed by atoms with Gasteiger partial charge in [-0.05, 0) is 51.5 Å². The van der Waals surface area contributed by atoms with Crippen molar-refractivity contribution in [1.29, 1.82) is 0 Å². The number of anilines is 1. The first-order valence-electron chi connectivity index (χ1n) is 11.3. The second kappa shape index (κ2) is 11.5. The molecule has 11 heteroatoms. The number of rotatable bonds is 13. The van der Waals surface area contributed by atoms with Crippen molar-refractivity contribution in [1.82, 2.24) is 24.4 Å². The van der Waals surface area contributed by atoms with E-state index in [1.54, 1.807) is 6.07 Å². The predicted octanol–water partition coefficient (Wildman–Crippen LogP) is 2.15. The maximum absolute atomic E-state index is 12.5. The molecule has 0 aliphatic heterocycles. The van der Waals surface area contributed by atoms with E-state index in [-0.39, 0.29) is 30.5 Å². The first-order chi connectivity index (χ1) is 16.3. The van der Waals surface area contributed by atoms with Gasteiger partial charge in [-0.15, -0.1) is 0 Å². The fourth-order valence-electron chi connectivity index (χ4n) is 3.56. The van der Waals surface area contributed by atoms with E-state index < -0.39 is 11.7 Å². The van der Waals surface area contributed by atoms with Crippen molar-refractivity contribution >= 4 is 23.0 Å². The van der Waals surface area contributed by atoms with E-state index in [1.165, 1.54) is 10.6 Å². The smallest absolute Gasteiger partial charge is 0.339 e. The van der Waals surface area contributed by atoms with Gasteiger partial charge >= 0.3 is 17.7 Å². The van der Waals surface area contributed by atoms with Gasteiger partial charge in [0.05, 0.1) is 13.2 Å². The van der Waals surface area contributed by atoms with Gasteiger partial charge in [-0.25, -0.2) is 9.59 Å². The fourth-order valence-corrected chi connectivity index (χ4v) is 3.56. The van der Waals surface area contributed by atoms with Gasteiger partial charge in [0, 0.05) is 0 Å². The number of H-pyrrole nitrogens is 1. The minimum Gasteiger partial charge on any atom is -0.491 e. The highest BCUT2D eigenvalue weighted by atomic mass is 16.5. The molecule has 0 spiro atoms. The molecule has 0 aliphatic rings. The number of carbonyl (C=O) groups is 1. The number of nitrogens with zero attached hydrogens (tertiary/aromatic N) is 4. The number of unbranched alkanes of at least 4 members (excludes halogenated alkanes) is 1. The third kappa shape index (κ3) is 6.04. The molecule has 0 saturated carbocycles. The second-order valence-corrected chi connectivity index (χ2v) is 8.23. The maximum Gasteiger partial charge on any atom is 0.339 e. The summed E-state index contributed by atoms with van der Waals surface area (Å²) in [6.45, 7) is 3.55. The Hall–Kier alpha value is -3.60. The van der Waals surface area contributed by atoms with Crippen LogP contribution in [0, 0.1) is 0 Å². The van der Waals surface area contributed by atoms with Gasteiger partial charge in [-0.2, -0.15) is 9.97 Å². The third-order valence-electron chi connectivity index (χ3n) is 5.30. The van der Waals surface area contributed by atoms with E-state index in [1.807, 2.05) is 27.1 Å². The Balaban J connectivity index is 1.80. The zero-order chi connectivity index (χ0) is 24.7. The molecule has 0 amide bonds. The molecule has 2 aromatic heterocycles. The molecule has 3 rings (SSSR count). The maximum atomic E-state index is 12.5. The number of ether oxygens (including phenoxy) is 2. The van der Waals surface area contributed by atoms with E-state index in [2.05, 4.69) is 19.9 Å². The largest absolute Gasteiger partial charge is 0.491 e. The summed E-state index contributed by atoms with van der Waals surface area (Å²) in [5.41, 5.74) is 7.11. The highest BCUT2D eigenvalue weighted by Gasteiger charge is 2.18. The number of carboxylic acids is 1. The lowest BCUT2D eigenvalue weighted by Crippen LogP contribution is -2.21. The lowest BCUT2D eigenvalue weighted by atomic mass is 10.0. The normalized spacial score (nSPS) is 11.3. The van der Waals surface area contributed by atoms with Crippen molar-refractivity contribution in [3.63, 3.8) is 0 Å². The van der Waals surface area contributed by atoms with Crippen LogP contribution in [0.4, 0.5) is 5.82 Å². The van der Waals surface area contributed by atoms with Gasteiger partial charge in [-0.3, -0.25) is 4.57 Å². The molecule has 0 aliphatic carbocycles. The number of nitrogen functional groups attached to an aromatic ring is 1. The van der Waals surface area contributed by atoms with E-state index >= 15 is 0 Å². The Bertz CT molecular complexity index is 1190. The SMILES string of the molecule is CCCCOc1nc(N)c2[nH]c(=O)n(CCOc3c(CCCN(C)C)cccc3C(=O)O)c2n1. The number of aromatic amines is 1. The summed E-state index contributed by atoms with van der Waals surface area (Å²) < 4.78 is 12.9. The average molecular weight is 473 g/mol. The Morgan fingerprint density at radius 2 is 2.00 bits per heavy atom. The minimum absolute atomic E-state index is 0.0633. The van der Waals surface area contributed by atoms with Crippen LogP contribution < -0.4 is 20.9 Å². The monoisotopic (exact) mass is 472 g/mol. The second-order valence-electron chi connectivity index (χ2n) is 8.23. The van der Waals surface area contributed by atoms with Crippen LogP contribution in [0.15, 0.2) is 23.0 Å². The molecular weight excluding hydrogens is 440 g/mol. The first kappa shape index (κ1) is 25.0. The van der Waals surface area contributed by atoms with Crippen molar-refractivity contribution in [2.75, 3.05) is 39.6 Å². The van der Waals surface area contributed by atoms with Crippen molar-refractivity contribution in [3.8, 4) is 11.8 Å². The van der Waals surface area contributed by atoms with Crippen LogP contribution in [0.3, 0.4) is 0 Å². The molecule has 0 radical (unpaired) electrons. The molecule has 3 aromatic rings. The molecule has 0 unspecified atom stereocenters. The summed E-state index contributed by atoms with van der Waals surface area (Å²) >= 11 is 0. The number of hydrogen-bond donors (Lipinski definition) is 3. The van der Waals surface area contributed by atoms with Crippen LogP contribution in [0.5, 0.6) is 11.8 Å². The minimum atomic E-state index is -1.07. The van der Waals surface area contributed by atoms with Crippen LogP contribution in [0.2, 0.25) is 0 Å². The molecule has 34 heavy (non-hydrogen) atoms. The molecule has 0 saturated heterocycles. The number of imidazole rings is 1. The Morgan fingerprint density at radius 1 is 1.21 bits per heavy atom. The van der Waals surface area contributed by atoms with Crippen LogP contribution in [0.25, 0.3) is 11.2 Å². The first-order valence-corrected chi connectivity index (χ1v) is 11.3. The standard InChI is InChI=1S/C23H32N6O5/c1-4-5-13-34-22-26-19(24)17-20(27-22)29(23(32)25-17)12-14-33-18-15(9-7-11-28(2)3)8-6-10-16(18)21(30)31/h6,8,10H,4-5,7,9,11-14H2,1-3H3,(H,25,32)(H,30,31)(H2,24,26,27). The number of nitrogens with one attached hydrogen (secondary N) is 1. The Labute approximate surface area is 197 Å². The fraction of sp³-hybridized carbons (Fsp3) is 0.478. The van der Waals surface area contributed by atoms with Gasteiger partial charge < -0.3 is 30.2 Å². The summed E-state index contributed by atoms with van der Waals surface area (Å²) in [5.74, 6) is -0.629. The van der Waals surface area contributed by atoms with Crippen molar-refractivity contribution in [3.05, 3.63) is 39.8 Å². The van der Waals surface area contributed by atoms with E-state index in [9.17, 15) is 14.7 Å². The van der Waals surface area contributed by atoms with Gasteiger partial charge in [0.15, 0.2) is 11.5 Å². The molecule has 0 fully saturated rings. The Morgan fingerprint density at radius 3 is 2.71 bits per heavy atom. The number of benzene rings is 1. The summed E-state index contributed by atoms with van der Waals surface area (Å²) in [6.07, 6.45) is 3.32. The molecule has 184 valence electrons. The van der Waals surface area contributed by atoms with E-state index in [4.69, 9.17) is 15.2 Å². The number of aryl methyl sites for hydroxylation is 1. The lowest BCUT2D eigenvalue weighted by Gasteiger charge is -2.15. The molecule has 11 nitrogen and oxygen atoms in total. The number of fused-ring (bicyclic) bond motifs is 1. The molecule has 4 N–H and O–H groups in total.